The van der Waals surface area contributed by atoms with E-state index in [1.165, 1.54) is 32.1 Å². The maximum atomic E-state index is 5.53. The van der Waals surface area contributed by atoms with Gasteiger partial charge in [0, 0.05) is 24.7 Å². The van der Waals surface area contributed by atoms with E-state index in [9.17, 15) is 0 Å². The van der Waals surface area contributed by atoms with Gasteiger partial charge in [-0.25, -0.2) is 0 Å². The summed E-state index contributed by atoms with van der Waals surface area (Å²) in [6.07, 6.45) is 6.16. The average Bonchev–Trinajstić information content (AvgIpc) is 2.90. The Morgan fingerprint density at radius 2 is 2.06 bits per heavy atom. The lowest BCUT2D eigenvalue weighted by atomic mass is 9.97. The fourth-order valence-electron chi connectivity index (χ4n) is 3.04. The summed E-state index contributed by atoms with van der Waals surface area (Å²) < 4.78 is 5.53. The SMILES string of the molecule is CCCNC(CCC)C(CC)N(C)C1CCOC1. The number of nitrogens with zero attached hydrogens (tertiary/aromatic N) is 1. The maximum Gasteiger partial charge on any atom is 0.0622 e. The number of rotatable bonds is 9. The molecule has 0 radical (unpaired) electrons. The molecule has 0 amide bonds. The summed E-state index contributed by atoms with van der Waals surface area (Å²) in [7, 11) is 2.28. The van der Waals surface area contributed by atoms with Crippen molar-refractivity contribution in [1.82, 2.24) is 10.2 Å². The van der Waals surface area contributed by atoms with Crippen molar-refractivity contribution in [3.63, 3.8) is 0 Å². The summed E-state index contributed by atoms with van der Waals surface area (Å²) in [6.45, 7) is 9.83. The summed E-state index contributed by atoms with van der Waals surface area (Å²) in [4.78, 5) is 2.57. The van der Waals surface area contributed by atoms with E-state index in [4.69, 9.17) is 4.74 Å². The highest BCUT2D eigenvalue weighted by Crippen LogP contribution is 2.19. The summed E-state index contributed by atoms with van der Waals surface area (Å²) in [5.41, 5.74) is 0. The molecule has 0 saturated carbocycles. The van der Waals surface area contributed by atoms with Crippen LogP contribution >= 0.6 is 0 Å². The second-order valence-corrected chi connectivity index (χ2v) is 5.51. The van der Waals surface area contributed by atoms with Crippen molar-refractivity contribution in [3.05, 3.63) is 0 Å². The van der Waals surface area contributed by atoms with Gasteiger partial charge in [0.1, 0.15) is 0 Å². The van der Waals surface area contributed by atoms with Crippen LogP contribution in [0.1, 0.15) is 52.9 Å². The number of likely N-dealkylation sites (N-methyl/N-ethyl adjacent to an activating group) is 1. The normalized spacial score (nSPS) is 23.5. The highest BCUT2D eigenvalue weighted by Gasteiger charge is 2.29. The van der Waals surface area contributed by atoms with E-state index in [0.717, 1.165) is 19.8 Å². The van der Waals surface area contributed by atoms with Crippen LogP contribution in [0.25, 0.3) is 0 Å². The van der Waals surface area contributed by atoms with Gasteiger partial charge in [0.05, 0.1) is 6.61 Å². The molecule has 1 saturated heterocycles. The lowest BCUT2D eigenvalue weighted by molar-refractivity contribution is 0.107. The standard InChI is InChI=1S/C15H32N2O/c1-5-8-14(16-10-6-2)15(7-3)17(4)13-9-11-18-12-13/h13-16H,5-12H2,1-4H3. The molecule has 3 atom stereocenters. The van der Waals surface area contributed by atoms with Crippen LogP contribution < -0.4 is 5.32 Å². The predicted octanol–water partition coefficient (Wildman–Crippen LogP) is 2.65. The first-order chi connectivity index (χ1) is 8.74. The van der Waals surface area contributed by atoms with Gasteiger partial charge in [0.25, 0.3) is 0 Å². The van der Waals surface area contributed by atoms with Gasteiger partial charge >= 0.3 is 0 Å². The average molecular weight is 256 g/mol. The van der Waals surface area contributed by atoms with Gasteiger partial charge in [-0.3, -0.25) is 4.90 Å². The molecule has 1 aliphatic rings. The van der Waals surface area contributed by atoms with E-state index >= 15 is 0 Å². The van der Waals surface area contributed by atoms with E-state index in [2.05, 4.69) is 38.0 Å². The predicted molar refractivity (Wildman–Crippen MR) is 78.1 cm³/mol. The first-order valence-corrected chi connectivity index (χ1v) is 7.77. The van der Waals surface area contributed by atoms with E-state index < -0.39 is 0 Å². The van der Waals surface area contributed by atoms with E-state index in [-0.39, 0.29) is 0 Å². The molecule has 1 N–H and O–H groups in total. The second kappa shape index (κ2) is 8.89. The molecule has 0 spiro atoms. The number of ether oxygens (including phenoxy) is 1. The second-order valence-electron chi connectivity index (χ2n) is 5.51. The fraction of sp³-hybridized carbons (Fsp3) is 1.00. The lowest BCUT2D eigenvalue weighted by Gasteiger charge is -2.37. The minimum atomic E-state index is 0.623. The van der Waals surface area contributed by atoms with Crippen molar-refractivity contribution in [2.24, 2.45) is 0 Å². The number of nitrogens with one attached hydrogen (secondary N) is 1. The highest BCUT2D eigenvalue weighted by atomic mass is 16.5. The Bertz CT molecular complexity index is 205. The molecule has 0 aromatic heterocycles. The number of hydrogen-bond donors (Lipinski definition) is 1. The van der Waals surface area contributed by atoms with Crippen LogP contribution in [0.3, 0.4) is 0 Å². The monoisotopic (exact) mass is 256 g/mol. The van der Waals surface area contributed by atoms with Gasteiger partial charge in [-0.1, -0.05) is 27.2 Å². The molecule has 1 heterocycles. The van der Waals surface area contributed by atoms with Gasteiger partial charge in [0.15, 0.2) is 0 Å². The third-order valence-corrected chi connectivity index (χ3v) is 4.14. The van der Waals surface area contributed by atoms with Crippen LogP contribution in [-0.2, 0) is 4.74 Å². The third-order valence-electron chi connectivity index (χ3n) is 4.14. The molecule has 0 aliphatic carbocycles. The molecular formula is C15H32N2O. The molecule has 1 fully saturated rings. The quantitative estimate of drug-likeness (QED) is 0.686. The van der Waals surface area contributed by atoms with Crippen LogP contribution in [-0.4, -0.2) is 49.8 Å². The molecule has 108 valence electrons. The topological polar surface area (TPSA) is 24.5 Å². The lowest BCUT2D eigenvalue weighted by Crippen LogP contribution is -2.52. The zero-order chi connectivity index (χ0) is 13.4. The van der Waals surface area contributed by atoms with Gasteiger partial charge in [-0.05, 0) is 39.3 Å². The molecule has 3 unspecified atom stereocenters. The van der Waals surface area contributed by atoms with Crippen LogP contribution in [0.15, 0.2) is 0 Å². The minimum Gasteiger partial charge on any atom is -0.380 e. The smallest absolute Gasteiger partial charge is 0.0622 e. The van der Waals surface area contributed by atoms with Gasteiger partial charge in [0.2, 0.25) is 0 Å². The van der Waals surface area contributed by atoms with Crippen molar-refractivity contribution in [1.29, 1.82) is 0 Å². The van der Waals surface area contributed by atoms with E-state index in [1.807, 2.05) is 0 Å². The molecular weight excluding hydrogens is 224 g/mol. The summed E-state index contributed by atoms with van der Waals surface area (Å²) in [6, 6.07) is 1.89. The van der Waals surface area contributed by atoms with Crippen LogP contribution in [0.5, 0.6) is 0 Å². The molecule has 0 aromatic carbocycles. The van der Waals surface area contributed by atoms with E-state index in [0.29, 0.717) is 18.1 Å². The van der Waals surface area contributed by atoms with Crippen LogP contribution in [0, 0.1) is 0 Å². The van der Waals surface area contributed by atoms with Crippen molar-refractivity contribution >= 4 is 0 Å². The summed E-state index contributed by atoms with van der Waals surface area (Å²) >= 11 is 0. The Morgan fingerprint density at radius 1 is 1.28 bits per heavy atom. The van der Waals surface area contributed by atoms with Crippen molar-refractivity contribution in [3.8, 4) is 0 Å². The molecule has 0 aromatic rings. The van der Waals surface area contributed by atoms with Gasteiger partial charge < -0.3 is 10.1 Å². The van der Waals surface area contributed by atoms with Crippen molar-refractivity contribution < 1.29 is 4.74 Å². The Balaban J connectivity index is 2.57. The Kier molecular flexibility index (Phi) is 7.87. The molecule has 18 heavy (non-hydrogen) atoms. The summed E-state index contributed by atoms with van der Waals surface area (Å²) in [5.74, 6) is 0. The Morgan fingerprint density at radius 3 is 2.56 bits per heavy atom. The van der Waals surface area contributed by atoms with Gasteiger partial charge in [-0.15, -0.1) is 0 Å². The minimum absolute atomic E-state index is 0.623. The largest absolute Gasteiger partial charge is 0.380 e. The molecule has 1 aliphatic heterocycles. The zero-order valence-electron chi connectivity index (χ0n) is 12.7. The van der Waals surface area contributed by atoms with Crippen LogP contribution in [0.4, 0.5) is 0 Å². The van der Waals surface area contributed by atoms with Gasteiger partial charge in [-0.2, -0.15) is 0 Å². The Hall–Kier alpha value is -0.120. The Labute approximate surface area is 113 Å². The first kappa shape index (κ1) is 15.9. The number of hydrogen-bond acceptors (Lipinski definition) is 3. The molecule has 3 heteroatoms. The third kappa shape index (κ3) is 4.52. The first-order valence-electron chi connectivity index (χ1n) is 7.77. The zero-order valence-corrected chi connectivity index (χ0v) is 12.7. The molecule has 1 rings (SSSR count). The maximum absolute atomic E-state index is 5.53. The highest BCUT2D eigenvalue weighted by molar-refractivity contribution is 4.87. The summed E-state index contributed by atoms with van der Waals surface area (Å²) in [5, 5.41) is 3.74. The van der Waals surface area contributed by atoms with Crippen molar-refractivity contribution in [2.45, 2.75) is 71.0 Å². The van der Waals surface area contributed by atoms with Crippen LogP contribution in [0.2, 0.25) is 0 Å². The molecule has 3 nitrogen and oxygen atoms in total. The van der Waals surface area contributed by atoms with Crippen molar-refractivity contribution in [2.75, 3.05) is 26.8 Å². The van der Waals surface area contributed by atoms with E-state index in [1.54, 1.807) is 0 Å². The fourth-order valence-corrected chi connectivity index (χ4v) is 3.04. The molecule has 0 bridgehead atoms.